The summed E-state index contributed by atoms with van der Waals surface area (Å²) in [7, 11) is 1.69. The van der Waals surface area contributed by atoms with E-state index in [1.54, 1.807) is 13.2 Å². The third-order valence-electron chi connectivity index (χ3n) is 3.54. The molecule has 2 rings (SSSR count). The molecule has 21 heavy (non-hydrogen) atoms. The van der Waals surface area contributed by atoms with Gasteiger partial charge in [-0.3, -0.25) is 4.98 Å². The molecule has 0 aliphatic rings. The molecule has 0 fully saturated rings. The first-order chi connectivity index (χ1) is 10.1. The van der Waals surface area contributed by atoms with Crippen LogP contribution in [0.15, 0.2) is 22.7 Å². The number of nitrogens with one attached hydrogen (secondary N) is 1. The molecule has 0 bridgehead atoms. The van der Waals surface area contributed by atoms with Gasteiger partial charge in [0.15, 0.2) is 5.22 Å². The van der Waals surface area contributed by atoms with Gasteiger partial charge in [0.2, 0.25) is 0 Å². The van der Waals surface area contributed by atoms with Gasteiger partial charge in [0, 0.05) is 29.4 Å². The number of ether oxygens (including phenoxy) is 1. The molecule has 0 radical (unpaired) electrons. The number of aryl methyl sites for hydroxylation is 1. The van der Waals surface area contributed by atoms with E-state index in [0.717, 1.165) is 41.3 Å². The van der Waals surface area contributed by atoms with Gasteiger partial charge < -0.3 is 14.5 Å². The van der Waals surface area contributed by atoms with Crippen LogP contribution >= 0.6 is 11.6 Å². The van der Waals surface area contributed by atoms with Gasteiger partial charge in [0.1, 0.15) is 11.5 Å². The minimum absolute atomic E-state index is 0.0427. The average Bonchev–Trinajstić information content (AvgIpc) is 2.88. The fourth-order valence-corrected chi connectivity index (χ4v) is 2.66. The number of hydrogen-bond donors (Lipinski definition) is 1. The van der Waals surface area contributed by atoms with Crippen molar-refractivity contribution in [3.05, 3.63) is 46.1 Å². The van der Waals surface area contributed by atoms with Crippen LogP contribution in [0.25, 0.3) is 0 Å². The number of rotatable bonds is 6. The maximum absolute atomic E-state index is 5.88. The van der Waals surface area contributed by atoms with Gasteiger partial charge in [-0.05, 0) is 44.1 Å². The van der Waals surface area contributed by atoms with Gasteiger partial charge in [0.05, 0.1) is 13.2 Å². The Labute approximate surface area is 130 Å². The molecule has 0 aromatic carbocycles. The summed E-state index contributed by atoms with van der Waals surface area (Å²) in [4.78, 5) is 4.55. The maximum Gasteiger partial charge on any atom is 0.193 e. The van der Waals surface area contributed by atoms with E-state index in [1.165, 1.54) is 0 Å². The maximum atomic E-state index is 5.88. The van der Waals surface area contributed by atoms with Crippen LogP contribution in [-0.2, 0) is 6.42 Å². The van der Waals surface area contributed by atoms with Crippen LogP contribution in [0.2, 0.25) is 5.22 Å². The Balaban J connectivity index is 2.29. The van der Waals surface area contributed by atoms with Crippen LogP contribution in [0.5, 0.6) is 5.75 Å². The molecule has 2 aromatic rings. The first kappa shape index (κ1) is 15.9. The molecule has 1 atom stereocenters. The molecule has 5 heteroatoms. The third-order valence-corrected chi connectivity index (χ3v) is 3.74. The monoisotopic (exact) mass is 308 g/mol. The number of methoxy groups -OCH3 is 1. The minimum atomic E-state index is 0.0427. The zero-order valence-electron chi connectivity index (χ0n) is 12.9. The zero-order valence-corrected chi connectivity index (χ0v) is 13.6. The van der Waals surface area contributed by atoms with Crippen molar-refractivity contribution in [3.63, 3.8) is 0 Å². The smallest absolute Gasteiger partial charge is 0.193 e. The summed E-state index contributed by atoms with van der Waals surface area (Å²) in [5.41, 5.74) is 3.11. The van der Waals surface area contributed by atoms with E-state index in [9.17, 15) is 0 Å². The van der Waals surface area contributed by atoms with E-state index < -0.39 is 0 Å². The van der Waals surface area contributed by atoms with Crippen LogP contribution in [0, 0.1) is 13.8 Å². The van der Waals surface area contributed by atoms with E-state index in [4.69, 9.17) is 20.8 Å². The fourth-order valence-electron chi connectivity index (χ4n) is 2.51. The summed E-state index contributed by atoms with van der Waals surface area (Å²) in [5, 5.41) is 3.81. The second-order valence-electron chi connectivity index (χ2n) is 5.00. The molecule has 2 heterocycles. The molecule has 114 valence electrons. The van der Waals surface area contributed by atoms with Gasteiger partial charge in [-0.25, -0.2) is 0 Å². The van der Waals surface area contributed by atoms with Gasteiger partial charge in [0.25, 0.3) is 0 Å². The number of nitrogens with zero attached hydrogens (tertiary/aromatic N) is 1. The molecule has 2 aromatic heterocycles. The molecule has 0 amide bonds. The number of pyridine rings is 1. The topological polar surface area (TPSA) is 47.3 Å². The van der Waals surface area contributed by atoms with Crippen molar-refractivity contribution in [3.8, 4) is 5.75 Å². The highest BCUT2D eigenvalue weighted by Gasteiger charge is 2.19. The lowest BCUT2D eigenvalue weighted by Gasteiger charge is -2.18. The summed E-state index contributed by atoms with van der Waals surface area (Å²) in [6.45, 7) is 6.93. The van der Waals surface area contributed by atoms with Gasteiger partial charge in [-0.1, -0.05) is 6.92 Å². The van der Waals surface area contributed by atoms with Crippen molar-refractivity contribution in [2.24, 2.45) is 0 Å². The molecule has 4 nitrogen and oxygen atoms in total. The predicted octanol–water partition coefficient (Wildman–Crippen LogP) is 3.85. The summed E-state index contributed by atoms with van der Waals surface area (Å²) in [5.74, 6) is 1.72. The van der Waals surface area contributed by atoms with E-state index in [2.05, 4.69) is 17.2 Å². The Kier molecular flexibility index (Phi) is 5.26. The van der Waals surface area contributed by atoms with Gasteiger partial charge >= 0.3 is 0 Å². The van der Waals surface area contributed by atoms with Crippen molar-refractivity contribution in [2.45, 2.75) is 33.2 Å². The normalized spacial score (nSPS) is 12.4. The van der Waals surface area contributed by atoms with Crippen molar-refractivity contribution in [1.82, 2.24) is 10.3 Å². The Morgan fingerprint density at radius 3 is 2.71 bits per heavy atom. The molecule has 0 spiro atoms. The van der Waals surface area contributed by atoms with E-state index in [-0.39, 0.29) is 6.04 Å². The van der Waals surface area contributed by atoms with Crippen molar-refractivity contribution in [2.75, 3.05) is 13.7 Å². The molecule has 1 unspecified atom stereocenters. The summed E-state index contributed by atoms with van der Waals surface area (Å²) < 4.78 is 11.0. The van der Waals surface area contributed by atoms with E-state index in [0.29, 0.717) is 5.22 Å². The number of likely N-dealkylation sites (N-methyl/N-ethyl adjacent to an activating group) is 1. The minimum Gasteiger partial charge on any atom is -0.496 e. The standard InChI is InChI=1S/C16H21ClN2O2/c1-5-18-13(14-6-7-15(17)21-14)8-12-11(3)16(20-4)10(2)9-19-12/h6-7,9,13,18H,5,8H2,1-4H3. The number of furan rings is 1. The lowest BCUT2D eigenvalue weighted by atomic mass is 10.0. The molecular formula is C16H21ClN2O2. The van der Waals surface area contributed by atoms with Crippen LogP contribution < -0.4 is 10.1 Å². The van der Waals surface area contributed by atoms with E-state index >= 15 is 0 Å². The van der Waals surface area contributed by atoms with Crippen molar-refractivity contribution in [1.29, 1.82) is 0 Å². The van der Waals surface area contributed by atoms with Gasteiger partial charge in [-0.2, -0.15) is 0 Å². The fraction of sp³-hybridized carbons (Fsp3) is 0.438. The first-order valence-electron chi connectivity index (χ1n) is 7.04. The lowest BCUT2D eigenvalue weighted by Crippen LogP contribution is -2.23. The highest BCUT2D eigenvalue weighted by atomic mass is 35.5. The second kappa shape index (κ2) is 6.96. The lowest BCUT2D eigenvalue weighted by molar-refractivity contribution is 0.400. The summed E-state index contributed by atoms with van der Waals surface area (Å²) in [6.07, 6.45) is 2.57. The summed E-state index contributed by atoms with van der Waals surface area (Å²) >= 11 is 5.88. The average molecular weight is 309 g/mol. The Morgan fingerprint density at radius 1 is 1.38 bits per heavy atom. The molecule has 0 aliphatic heterocycles. The van der Waals surface area contributed by atoms with Crippen LogP contribution in [0.1, 0.15) is 35.5 Å². The molecule has 0 saturated heterocycles. The van der Waals surface area contributed by atoms with Crippen LogP contribution in [0.3, 0.4) is 0 Å². The number of hydrogen-bond acceptors (Lipinski definition) is 4. The zero-order chi connectivity index (χ0) is 15.4. The molecule has 1 N–H and O–H groups in total. The highest BCUT2D eigenvalue weighted by molar-refractivity contribution is 6.28. The van der Waals surface area contributed by atoms with Crippen LogP contribution in [0.4, 0.5) is 0 Å². The first-order valence-corrected chi connectivity index (χ1v) is 7.42. The Morgan fingerprint density at radius 2 is 2.14 bits per heavy atom. The van der Waals surface area contributed by atoms with Gasteiger partial charge in [-0.15, -0.1) is 0 Å². The number of aromatic nitrogens is 1. The largest absolute Gasteiger partial charge is 0.496 e. The molecular weight excluding hydrogens is 288 g/mol. The Hall–Kier alpha value is -1.52. The second-order valence-corrected chi connectivity index (χ2v) is 5.37. The predicted molar refractivity (Wildman–Crippen MR) is 84.1 cm³/mol. The van der Waals surface area contributed by atoms with Crippen LogP contribution in [-0.4, -0.2) is 18.6 Å². The molecule has 0 aliphatic carbocycles. The third kappa shape index (κ3) is 3.57. The van der Waals surface area contributed by atoms with E-state index in [1.807, 2.05) is 26.1 Å². The number of halogens is 1. The Bertz CT molecular complexity index is 610. The molecule has 0 saturated carbocycles. The van der Waals surface area contributed by atoms with Crippen molar-refractivity contribution < 1.29 is 9.15 Å². The highest BCUT2D eigenvalue weighted by Crippen LogP contribution is 2.28. The van der Waals surface area contributed by atoms with Crippen molar-refractivity contribution >= 4 is 11.6 Å². The SMILES string of the molecule is CCNC(Cc1ncc(C)c(OC)c1C)c1ccc(Cl)o1. The summed E-state index contributed by atoms with van der Waals surface area (Å²) in [6, 6.07) is 3.70. The quantitative estimate of drug-likeness (QED) is 0.880.